The Morgan fingerprint density at radius 1 is 1.54 bits per heavy atom. The first-order chi connectivity index (χ1) is 6.13. The van der Waals surface area contributed by atoms with Gasteiger partial charge in [-0.3, -0.25) is 4.79 Å². The van der Waals surface area contributed by atoms with Crippen molar-refractivity contribution in [1.82, 2.24) is 5.32 Å². The Morgan fingerprint density at radius 2 is 2.23 bits per heavy atom. The zero-order chi connectivity index (χ0) is 9.84. The van der Waals surface area contributed by atoms with Crippen molar-refractivity contribution in [2.24, 2.45) is 0 Å². The van der Waals surface area contributed by atoms with E-state index >= 15 is 0 Å². The summed E-state index contributed by atoms with van der Waals surface area (Å²) in [6.07, 6.45) is 0. The zero-order valence-corrected chi connectivity index (χ0v) is 8.06. The summed E-state index contributed by atoms with van der Waals surface area (Å²) < 4.78 is 0. The largest absolute Gasteiger partial charge is 0.399 e. The number of anilines is 1. The number of halogens is 1. The van der Waals surface area contributed by atoms with Crippen LogP contribution >= 0.6 is 11.6 Å². The summed E-state index contributed by atoms with van der Waals surface area (Å²) in [5, 5.41) is 3.14. The van der Waals surface area contributed by atoms with Gasteiger partial charge in [0, 0.05) is 22.8 Å². The van der Waals surface area contributed by atoms with E-state index in [1.807, 2.05) is 6.92 Å². The van der Waals surface area contributed by atoms with Crippen LogP contribution in [-0.2, 0) is 0 Å². The van der Waals surface area contributed by atoms with Gasteiger partial charge in [-0.1, -0.05) is 11.6 Å². The summed E-state index contributed by atoms with van der Waals surface area (Å²) >= 11 is 5.73. The third-order valence-electron chi connectivity index (χ3n) is 1.52. The molecular weight excluding hydrogens is 188 g/mol. The van der Waals surface area contributed by atoms with Gasteiger partial charge in [0.25, 0.3) is 5.91 Å². The Hall–Kier alpha value is -1.22. The lowest BCUT2D eigenvalue weighted by molar-refractivity contribution is 0.0956. The van der Waals surface area contributed by atoms with Crippen LogP contribution in [-0.4, -0.2) is 12.5 Å². The number of amides is 1. The van der Waals surface area contributed by atoms with Gasteiger partial charge in [0.15, 0.2) is 0 Å². The quantitative estimate of drug-likeness (QED) is 0.711. The number of nitrogen functional groups attached to an aromatic ring is 1. The number of benzene rings is 1. The highest BCUT2D eigenvalue weighted by Gasteiger charge is 2.05. The van der Waals surface area contributed by atoms with E-state index < -0.39 is 0 Å². The average Bonchev–Trinajstić information content (AvgIpc) is 2.03. The lowest BCUT2D eigenvalue weighted by Crippen LogP contribution is -2.22. The van der Waals surface area contributed by atoms with Gasteiger partial charge in [-0.25, -0.2) is 0 Å². The lowest BCUT2D eigenvalue weighted by atomic mass is 10.2. The van der Waals surface area contributed by atoms with Gasteiger partial charge in [-0.05, 0) is 25.1 Å². The van der Waals surface area contributed by atoms with Gasteiger partial charge in [-0.2, -0.15) is 0 Å². The first kappa shape index (κ1) is 9.86. The Kier molecular flexibility index (Phi) is 3.14. The maximum absolute atomic E-state index is 11.3. The van der Waals surface area contributed by atoms with Gasteiger partial charge in [0.2, 0.25) is 0 Å². The van der Waals surface area contributed by atoms with Crippen molar-refractivity contribution in [3.05, 3.63) is 28.8 Å². The Labute approximate surface area is 81.9 Å². The number of carbonyl (C=O) groups excluding carboxylic acids is 1. The number of hydrogen-bond donors (Lipinski definition) is 2. The highest BCUT2D eigenvalue weighted by Crippen LogP contribution is 2.16. The molecule has 0 radical (unpaired) electrons. The molecule has 3 N–H and O–H groups in total. The van der Waals surface area contributed by atoms with Crippen LogP contribution < -0.4 is 11.1 Å². The van der Waals surface area contributed by atoms with Crippen molar-refractivity contribution in [3.8, 4) is 0 Å². The molecule has 70 valence electrons. The molecule has 1 aromatic rings. The summed E-state index contributed by atoms with van der Waals surface area (Å²) in [5.41, 5.74) is 6.52. The van der Waals surface area contributed by atoms with Crippen LogP contribution in [0.25, 0.3) is 0 Å². The van der Waals surface area contributed by atoms with Crippen molar-refractivity contribution < 1.29 is 4.79 Å². The lowest BCUT2D eigenvalue weighted by Gasteiger charge is -2.03. The molecule has 0 heterocycles. The van der Waals surface area contributed by atoms with Crippen molar-refractivity contribution >= 4 is 23.2 Å². The highest BCUT2D eigenvalue weighted by molar-refractivity contribution is 6.31. The van der Waals surface area contributed by atoms with Crippen LogP contribution in [0.1, 0.15) is 17.3 Å². The van der Waals surface area contributed by atoms with Crippen molar-refractivity contribution in [2.45, 2.75) is 6.92 Å². The van der Waals surface area contributed by atoms with Crippen LogP contribution in [0.3, 0.4) is 0 Å². The van der Waals surface area contributed by atoms with Gasteiger partial charge < -0.3 is 11.1 Å². The van der Waals surface area contributed by atoms with Crippen LogP contribution in [0, 0.1) is 0 Å². The van der Waals surface area contributed by atoms with E-state index in [0.717, 1.165) is 0 Å². The second-order valence-corrected chi connectivity index (χ2v) is 3.07. The van der Waals surface area contributed by atoms with Gasteiger partial charge in [0.1, 0.15) is 0 Å². The third kappa shape index (κ3) is 2.63. The predicted octanol–water partition coefficient (Wildman–Crippen LogP) is 1.67. The van der Waals surface area contributed by atoms with Crippen molar-refractivity contribution in [1.29, 1.82) is 0 Å². The van der Waals surface area contributed by atoms with E-state index in [9.17, 15) is 4.79 Å². The first-order valence-electron chi connectivity index (χ1n) is 3.97. The molecule has 3 nitrogen and oxygen atoms in total. The molecule has 0 aliphatic rings. The number of nitrogens with one attached hydrogen (secondary N) is 1. The number of nitrogens with two attached hydrogens (primary N) is 1. The number of carbonyl (C=O) groups is 1. The summed E-state index contributed by atoms with van der Waals surface area (Å²) in [6, 6.07) is 4.78. The molecule has 0 aliphatic heterocycles. The van der Waals surface area contributed by atoms with Crippen LogP contribution in [0.5, 0.6) is 0 Å². The fraction of sp³-hybridized carbons (Fsp3) is 0.222. The molecule has 0 aromatic heterocycles. The van der Waals surface area contributed by atoms with E-state index in [0.29, 0.717) is 22.8 Å². The van der Waals surface area contributed by atoms with Crippen LogP contribution in [0.4, 0.5) is 5.69 Å². The monoisotopic (exact) mass is 198 g/mol. The number of hydrogen-bond acceptors (Lipinski definition) is 2. The van der Waals surface area contributed by atoms with Crippen LogP contribution in [0.15, 0.2) is 18.2 Å². The molecule has 0 spiro atoms. The van der Waals surface area contributed by atoms with Crippen LogP contribution in [0.2, 0.25) is 5.02 Å². The first-order valence-corrected chi connectivity index (χ1v) is 4.35. The maximum Gasteiger partial charge on any atom is 0.251 e. The minimum Gasteiger partial charge on any atom is -0.399 e. The Bertz CT molecular complexity index is 305. The van der Waals surface area contributed by atoms with E-state index in [-0.39, 0.29) is 5.91 Å². The van der Waals surface area contributed by atoms with Crippen molar-refractivity contribution in [2.75, 3.05) is 12.3 Å². The molecule has 0 saturated carbocycles. The zero-order valence-electron chi connectivity index (χ0n) is 7.30. The van der Waals surface area contributed by atoms with Gasteiger partial charge >= 0.3 is 0 Å². The normalized spacial score (nSPS) is 9.69. The third-order valence-corrected chi connectivity index (χ3v) is 1.74. The molecule has 0 saturated heterocycles. The van der Waals surface area contributed by atoms with Gasteiger partial charge in [-0.15, -0.1) is 0 Å². The second-order valence-electron chi connectivity index (χ2n) is 2.63. The molecule has 13 heavy (non-hydrogen) atoms. The molecule has 0 aliphatic carbocycles. The predicted molar refractivity (Wildman–Crippen MR) is 53.9 cm³/mol. The second kappa shape index (κ2) is 4.14. The molecular formula is C9H11ClN2O. The molecule has 1 rings (SSSR count). The summed E-state index contributed by atoms with van der Waals surface area (Å²) in [4.78, 5) is 11.3. The SMILES string of the molecule is CCNC(=O)c1cc(N)cc(Cl)c1. The fourth-order valence-electron chi connectivity index (χ4n) is 1.01. The minimum atomic E-state index is -0.156. The summed E-state index contributed by atoms with van der Waals surface area (Å²) in [5.74, 6) is -0.156. The summed E-state index contributed by atoms with van der Waals surface area (Å²) in [7, 11) is 0. The molecule has 4 heteroatoms. The maximum atomic E-state index is 11.3. The minimum absolute atomic E-state index is 0.156. The molecule has 1 aromatic carbocycles. The Morgan fingerprint density at radius 3 is 2.77 bits per heavy atom. The molecule has 1 amide bonds. The molecule has 0 bridgehead atoms. The highest BCUT2D eigenvalue weighted by atomic mass is 35.5. The average molecular weight is 199 g/mol. The van der Waals surface area contributed by atoms with E-state index in [1.54, 1.807) is 18.2 Å². The van der Waals surface area contributed by atoms with Crippen molar-refractivity contribution in [3.63, 3.8) is 0 Å². The number of rotatable bonds is 2. The van der Waals surface area contributed by atoms with E-state index in [1.165, 1.54) is 0 Å². The van der Waals surface area contributed by atoms with Gasteiger partial charge in [0.05, 0.1) is 0 Å². The summed E-state index contributed by atoms with van der Waals surface area (Å²) in [6.45, 7) is 2.44. The molecule has 0 unspecified atom stereocenters. The molecule has 0 atom stereocenters. The van der Waals surface area contributed by atoms with E-state index in [2.05, 4.69) is 5.32 Å². The topological polar surface area (TPSA) is 55.1 Å². The Balaban J connectivity index is 2.94. The standard InChI is InChI=1S/C9H11ClN2O/c1-2-12-9(13)6-3-7(10)5-8(11)4-6/h3-5H,2,11H2,1H3,(H,12,13). The van der Waals surface area contributed by atoms with E-state index in [4.69, 9.17) is 17.3 Å². The smallest absolute Gasteiger partial charge is 0.251 e. The molecule has 0 fully saturated rings. The fourth-order valence-corrected chi connectivity index (χ4v) is 1.25.